The van der Waals surface area contributed by atoms with Crippen molar-refractivity contribution in [2.75, 3.05) is 19.8 Å². The summed E-state index contributed by atoms with van der Waals surface area (Å²) >= 11 is 0. The number of allylic oxidation sites excluding steroid dienone is 1. The lowest BCUT2D eigenvalue weighted by molar-refractivity contribution is -0.138. The summed E-state index contributed by atoms with van der Waals surface area (Å²) in [4.78, 5) is 12.2. The molecular formula is C20H30O5. The molecule has 3 rings (SSSR count). The first-order valence-corrected chi connectivity index (χ1v) is 9.34. The van der Waals surface area contributed by atoms with Crippen molar-refractivity contribution in [3.05, 3.63) is 23.3 Å². The van der Waals surface area contributed by atoms with Crippen molar-refractivity contribution >= 4 is 5.97 Å². The van der Waals surface area contributed by atoms with Gasteiger partial charge in [0.2, 0.25) is 0 Å². The number of aliphatic hydroxyl groups is 3. The van der Waals surface area contributed by atoms with Crippen LogP contribution in [0.5, 0.6) is 0 Å². The third kappa shape index (κ3) is 2.86. The van der Waals surface area contributed by atoms with Gasteiger partial charge in [-0.05, 0) is 54.9 Å². The monoisotopic (exact) mass is 350 g/mol. The van der Waals surface area contributed by atoms with E-state index >= 15 is 0 Å². The molecule has 5 atom stereocenters. The molecule has 140 valence electrons. The van der Waals surface area contributed by atoms with E-state index in [0.29, 0.717) is 19.4 Å². The van der Waals surface area contributed by atoms with Crippen LogP contribution < -0.4 is 0 Å². The minimum atomic E-state index is -0.475. The van der Waals surface area contributed by atoms with Gasteiger partial charge in [-0.2, -0.15) is 0 Å². The topological polar surface area (TPSA) is 87.0 Å². The zero-order valence-electron chi connectivity index (χ0n) is 15.2. The van der Waals surface area contributed by atoms with E-state index in [4.69, 9.17) is 9.84 Å². The minimum absolute atomic E-state index is 0.0594. The molecule has 1 heterocycles. The van der Waals surface area contributed by atoms with Crippen LogP contribution in [0.1, 0.15) is 46.0 Å². The SMILES string of the molecule is C[C@@H]1[C@H](O)C[C@@]23COC(=O)C2=CCC[C@@H]3[C@@]1(C)CC/C(=C/CO)CO. The molecule has 0 aromatic rings. The molecule has 2 aliphatic carbocycles. The summed E-state index contributed by atoms with van der Waals surface area (Å²) in [5, 5.41) is 29.4. The van der Waals surface area contributed by atoms with Crippen molar-refractivity contribution in [2.45, 2.75) is 52.1 Å². The predicted molar refractivity (Wildman–Crippen MR) is 93.6 cm³/mol. The molecule has 1 aliphatic heterocycles. The molecule has 0 bridgehead atoms. The van der Waals surface area contributed by atoms with Crippen molar-refractivity contribution in [3.63, 3.8) is 0 Å². The number of cyclic esters (lactones) is 1. The average molecular weight is 350 g/mol. The Kier molecular flexibility index (Phi) is 5.11. The molecule has 5 heteroatoms. The Hall–Kier alpha value is -1.17. The molecule has 0 unspecified atom stereocenters. The number of ether oxygens (including phenoxy) is 1. The van der Waals surface area contributed by atoms with E-state index in [2.05, 4.69) is 13.8 Å². The quantitative estimate of drug-likeness (QED) is 0.521. The Labute approximate surface area is 149 Å². The highest BCUT2D eigenvalue weighted by Crippen LogP contribution is 2.63. The van der Waals surface area contributed by atoms with Gasteiger partial charge in [-0.1, -0.05) is 26.0 Å². The first-order valence-electron chi connectivity index (χ1n) is 9.34. The molecule has 3 N–H and O–H groups in total. The van der Waals surface area contributed by atoms with E-state index in [1.807, 2.05) is 6.08 Å². The fourth-order valence-electron chi connectivity index (χ4n) is 5.58. The van der Waals surface area contributed by atoms with Crippen molar-refractivity contribution in [2.24, 2.45) is 22.7 Å². The van der Waals surface area contributed by atoms with Crippen LogP contribution >= 0.6 is 0 Å². The zero-order valence-corrected chi connectivity index (χ0v) is 15.2. The minimum Gasteiger partial charge on any atom is -0.461 e. The van der Waals surface area contributed by atoms with E-state index < -0.39 is 6.10 Å². The number of rotatable bonds is 5. The molecular weight excluding hydrogens is 320 g/mol. The number of aliphatic hydroxyl groups excluding tert-OH is 3. The van der Waals surface area contributed by atoms with Crippen LogP contribution in [0.3, 0.4) is 0 Å². The van der Waals surface area contributed by atoms with Gasteiger partial charge in [0.05, 0.1) is 19.3 Å². The zero-order chi connectivity index (χ0) is 18.2. The van der Waals surface area contributed by atoms with Gasteiger partial charge in [0.25, 0.3) is 0 Å². The maximum Gasteiger partial charge on any atom is 0.334 e. The van der Waals surface area contributed by atoms with E-state index in [1.165, 1.54) is 0 Å². The van der Waals surface area contributed by atoms with E-state index in [0.717, 1.165) is 30.4 Å². The highest BCUT2D eigenvalue weighted by atomic mass is 16.5. The molecule has 3 aliphatic rings. The Morgan fingerprint density at radius 1 is 1.44 bits per heavy atom. The van der Waals surface area contributed by atoms with Gasteiger partial charge in [0.15, 0.2) is 0 Å². The molecule has 1 spiro atoms. The summed E-state index contributed by atoms with van der Waals surface area (Å²) in [5.41, 5.74) is 1.08. The highest BCUT2D eigenvalue weighted by Gasteiger charge is 2.63. The first kappa shape index (κ1) is 18.6. The summed E-state index contributed by atoms with van der Waals surface area (Å²) in [7, 11) is 0. The second-order valence-electron chi connectivity index (χ2n) is 8.25. The van der Waals surface area contributed by atoms with Crippen LogP contribution in [-0.4, -0.2) is 47.2 Å². The van der Waals surface area contributed by atoms with Crippen LogP contribution in [0.2, 0.25) is 0 Å². The molecule has 25 heavy (non-hydrogen) atoms. The van der Waals surface area contributed by atoms with Gasteiger partial charge in [0.1, 0.15) is 6.61 Å². The summed E-state index contributed by atoms with van der Waals surface area (Å²) in [6.07, 6.45) is 7.15. The number of carbonyl (C=O) groups excluding carboxylic acids is 1. The van der Waals surface area contributed by atoms with Gasteiger partial charge in [0, 0.05) is 11.0 Å². The lowest BCUT2D eigenvalue weighted by Gasteiger charge is -2.58. The Balaban J connectivity index is 1.93. The third-order valence-electron chi connectivity index (χ3n) is 7.24. The maximum absolute atomic E-state index is 12.2. The third-order valence-corrected chi connectivity index (χ3v) is 7.24. The molecule has 5 nitrogen and oxygen atoms in total. The molecule has 1 saturated heterocycles. The van der Waals surface area contributed by atoms with Crippen molar-refractivity contribution in [3.8, 4) is 0 Å². The highest BCUT2D eigenvalue weighted by molar-refractivity contribution is 5.92. The summed E-state index contributed by atoms with van der Waals surface area (Å²) < 4.78 is 5.42. The first-order chi connectivity index (χ1) is 11.9. The van der Waals surface area contributed by atoms with E-state index in [-0.39, 0.29) is 41.8 Å². The van der Waals surface area contributed by atoms with Crippen LogP contribution in [-0.2, 0) is 9.53 Å². The van der Waals surface area contributed by atoms with Gasteiger partial charge < -0.3 is 20.1 Å². The Morgan fingerprint density at radius 2 is 2.20 bits per heavy atom. The molecule has 0 radical (unpaired) electrons. The molecule has 0 aromatic carbocycles. The number of hydrogen-bond acceptors (Lipinski definition) is 5. The number of esters is 1. The maximum atomic E-state index is 12.2. The fourth-order valence-corrected chi connectivity index (χ4v) is 5.58. The summed E-state index contributed by atoms with van der Waals surface area (Å²) in [6.45, 7) is 4.55. The van der Waals surface area contributed by atoms with Crippen molar-refractivity contribution in [1.29, 1.82) is 0 Å². The standard InChI is InChI=1S/C20H30O5/c1-13-16(23)10-20-12-25-18(24)15(20)4-3-5-17(20)19(13,2)8-6-14(11-22)7-9-21/h4,7,13,16-17,21-23H,3,5-6,8-12H2,1-2H3/b14-7-/t13-,16-,17-,19+,20-/m1/s1. The molecule has 0 aromatic heterocycles. The average Bonchev–Trinajstić information content (AvgIpc) is 2.93. The molecule has 0 amide bonds. The molecule has 1 saturated carbocycles. The van der Waals surface area contributed by atoms with Gasteiger partial charge >= 0.3 is 5.97 Å². The van der Waals surface area contributed by atoms with Crippen LogP contribution in [0.15, 0.2) is 23.3 Å². The summed E-state index contributed by atoms with van der Waals surface area (Å²) in [5.74, 6) is 0.163. The van der Waals surface area contributed by atoms with E-state index in [1.54, 1.807) is 6.08 Å². The van der Waals surface area contributed by atoms with Crippen molar-refractivity contribution in [1.82, 2.24) is 0 Å². The molecule has 2 fully saturated rings. The number of hydrogen-bond donors (Lipinski definition) is 3. The Bertz CT molecular complexity index is 595. The largest absolute Gasteiger partial charge is 0.461 e. The second-order valence-corrected chi connectivity index (χ2v) is 8.25. The fraction of sp³-hybridized carbons (Fsp3) is 0.750. The second kappa shape index (κ2) is 6.86. The normalized spacial score (nSPS) is 41.0. The lowest BCUT2D eigenvalue weighted by atomic mass is 9.46. The van der Waals surface area contributed by atoms with Crippen LogP contribution in [0.4, 0.5) is 0 Å². The summed E-state index contributed by atoms with van der Waals surface area (Å²) in [6, 6.07) is 0. The van der Waals surface area contributed by atoms with Crippen LogP contribution in [0, 0.1) is 22.7 Å². The predicted octanol–water partition coefficient (Wildman–Crippen LogP) is 1.96. The van der Waals surface area contributed by atoms with Gasteiger partial charge in [-0.15, -0.1) is 0 Å². The van der Waals surface area contributed by atoms with Crippen LogP contribution in [0.25, 0.3) is 0 Å². The lowest BCUT2D eigenvalue weighted by Crippen LogP contribution is -2.56. The number of carbonyl (C=O) groups is 1. The smallest absolute Gasteiger partial charge is 0.334 e. The Morgan fingerprint density at radius 3 is 2.88 bits per heavy atom. The van der Waals surface area contributed by atoms with Gasteiger partial charge in [-0.3, -0.25) is 0 Å². The van der Waals surface area contributed by atoms with E-state index in [9.17, 15) is 15.0 Å². The van der Waals surface area contributed by atoms with Crippen molar-refractivity contribution < 1.29 is 24.9 Å². The van der Waals surface area contributed by atoms with Gasteiger partial charge in [-0.25, -0.2) is 4.79 Å².